The van der Waals surface area contributed by atoms with Crippen LogP contribution in [-0.4, -0.2) is 41.9 Å². The van der Waals surface area contributed by atoms with E-state index in [-0.39, 0.29) is 17.9 Å². The number of nitrogens with zero attached hydrogens (tertiary/aromatic N) is 1. The number of rotatable bonds is 6. The largest absolute Gasteiger partial charge is 0.351 e. The topological polar surface area (TPSA) is 61.4 Å². The molecule has 0 spiro atoms. The molecule has 3 unspecified atom stereocenters. The van der Waals surface area contributed by atoms with Crippen LogP contribution in [0.3, 0.4) is 0 Å². The van der Waals surface area contributed by atoms with Gasteiger partial charge in [-0.1, -0.05) is 25.0 Å². The molecule has 0 radical (unpaired) electrons. The van der Waals surface area contributed by atoms with E-state index in [2.05, 4.69) is 10.6 Å². The zero-order chi connectivity index (χ0) is 18.5. The molecule has 5 heteroatoms. The summed E-state index contributed by atoms with van der Waals surface area (Å²) < 4.78 is 0. The fourth-order valence-corrected chi connectivity index (χ4v) is 4.29. The van der Waals surface area contributed by atoms with Gasteiger partial charge in [-0.2, -0.15) is 0 Å². The van der Waals surface area contributed by atoms with Gasteiger partial charge in [-0.05, 0) is 56.7 Å². The maximum atomic E-state index is 12.5. The van der Waals surface area contributed by atoms with Crippen molar-refractivity contribution in [1.29, 1.82) is 0 Å². The normalized spacial score (nSPS) is 24.8. The summed E-state index contributed by atoms with van der Waals surface area (Å²) in [5, 5.41) is 6.56. The molecule has 26 heavy (non-hydrogen) atoms. The summed E-state index contributed by atoms with van der Waals surface area (Å²) in [6.07, 6.45) is 6.00. The maximum Gasteiger partial charge on any atom is 0.253 e. The number of carbonyl (C=O) groups excluding carboxylic acids is 2. The zero-order valence-electron chi connectivity index (χ0n) is 16.0. The molecular formula is C21H31N3O2. The van der Waals surface area contributed by atoms with E-state index in [4.69, 9.17) is 0 Å². The summed E-state index contributed by atoms with van der Waals surface area (Å²) in [6, 6.07) is 8.05. The lowest BCUT2D eigenvalue weighted by Gasteiger charge is -2.24. The third-order valence-electron chi connectivity index (χ3n) is 5.90. The lowest BCUT2D eigenvalue weighted by Crippen LogP contribution is -2.42. The van der Waals surface area contributed by atoms with Crippen molar-refractivity contribution in [2.75, 3.05) is 13.1 Å². The highest BCUT2D eigenvalue weighted by atomic mass is 16.2. The van der Waals surface area contributed by atoms with Crippen molar-refractivity contribution in [2.24, 2.45) is 5.92 Å². The first kappa shape index (κ1) is 18.9. The molecule has 1 heterocycles. The molecule has 3 atom stereocenters. The molecular weight excluding hydrogens is 326 g/mol. The fraction of sp³-hybridized carbons (Fsp3) is 0.619. The molecule has 1 aromatic rings. The Bertz CT molecular complexity index is 611. The first-order valence-corrected chi connectivity index (χ1v) is 10.0. The molecule has 1 aliphatic heterocycles. The minimum atomic E-state index is -0.0494. The van der Waals surface area contributed by atoms with Crippen LogP contribution in [0.1, 0.15) is 61.9 Å². The van der Waals surface area contributed by atoms with Gasteiger partial charge < -0.3 is 15.5 Å². The van der Waals surface area contributed by atoms with Crippen molar-refractivity contribution in [2.45, 2.75) is 64.6 Å². The van der Waals surface area contributed by atoms with Gasteiger partial charge in [0, 0.05) is 31.2 Å². The van der Waals surface area contributed by atoms with Gasteiger partial charge >= 0.3 is 0 Å². The predicted molar refractivity (Wildman–Crippen MR) is 103 cm³/mol. The van der Waals surface area contributed by atoms with Crippen molar-refractivity contribution < 1.29 is 9.59 Å². The van der Waals surface area contributed by atoms with Crippen LogP contribution in [0.15, 0.2) is 24.3 Å². The Morgan fingerprint density at radius 2 is 1.81 bits per heavy atom. The Morgan fingerprint density at radius 1 is 1.12 bits per heavy atom. The van der Waals surface area contributed by atoms with Gasteiger partial charge in [-0.15, -0.1) is 0 Å². The average Bonchev–Trinajstić information content (AvgIpc) is 3.11. The minimum Gasteiger partial charge on any atom is -0.351 e. The Balaban J connectivity index is 1.50. The van der Waals surface area contributed by atoms with Crippen molar-refractivity contribution in [1.82, 2.24) is 15.5 Å². The van der Waals surface area contributed by atoms with Gasteiger partial charge in [-0.3, -0.25) is 9.59 Å². The monoisotopic (exact) mass is 357 g/mol. The van der Waals surface area contributed by atoms with Crippen molar-refractivity contribution >= 4 is 11.8 Å². The van der Waals surface area contributed by atoms with E-state index >= 15 is 0 Å². The summed E-state index contributed by atoms with van der Waals surface area (Å²) in [5.41, 5.74) is 1.72. The van der Waals surface area contributed by atoms with Crippen LogP contribution in [0.5, 0.6) is 0 Å². The van der Waals surface area contributed by atoms with Gasteiger partial charge in [-0.25, -0.2) is 0 Å². The van der Waals surface area contributed by atoms with Crippen LogP contribution in [0.2, 0.25) is 0 Å². The van der Waals surface area contributed by atoms with E-state index in [9.17, 15) is 9.59 Å². The Hall–Kier alpha value is -1.88. The SMILES string of the molecule is CCN(CC)C(=O)c1ccc(CNC(=O)C2CC3CCCCC3N2)cc1. The van der Waals surface area contributed by atoms with Crippen LogP contribution in [0, 0.1) is 5.92 Å². The molecule has 5 nitrogen and oxygen atoms in total. The Labute approximate surface area is 156 Å². The summed E-state index contributed by atoms with van der Waals surface area (Å²) in [4.78, 5) is 26.6. The highest BCUT2D eigenvalue weighted by Crippen LogP contribution is 2.33. The lowest BCUT2D eigenvalue weighted by molar-refractivity contribution is -0.123. The van der Waals surface area contributed by atoms with E-state index in [0.29, 0.717) is 37.2 Å². The van der Waals surface area contributed by atoms with Crippen molar-refractivity contribution in [3.05, 3.63) is 35.4 Å². The van der Waals surface area contributed by atoms with Crippen molar-refractivity contribution in [3.8, 4) is 0 Å². The Morgan fingerprint density at radius 3 is 2.46 bits per heavy atom. The molecule has 1 aliphatic carbocycles. The highest BCUT2D eigenvalue weighted by Gasteiger charge is 2.37. The molecule has 1 aromatic carbocycles. The van der Waals surface area contributed by atoms with Crippen molar-refractivity contribution in [3.63, 3.8) is 0 Å². The molecule has 2 aliphatic rings. The van der Waals surface area contributed by atoms with Gasteiger partial charge in [0.2, 0.25) is 5.91 Å². The minimum absolute atomic E-state index is 0.0494. The predicted octanol–water partition coefficient (Wildman–Crippen LogP) is 2.71. The summed E-state index contributed by atoms with van der Waals surface area (Å²) in [5.74, 6) is 0.830. The number of hydrogen-bond acceptors (Lipinski definition) is 3. The van der Waals surface area contributed by atoms with E-state index in [0.717, 1.165) is 12.0 Å². The number of nitrogens with one attached hydrogen (secondary N) is 2. The number of hydrogen-bond donors (Lipinski definition) is 2. The summed E-state index contributed by atoms with van der Waals surface area (Å²) in [6.45, 7) is 5.90. The van der Waals surface area contributed by atoms with Crippen LogP contribution in [-0.2, 0) is 11.3 Å². The lowest BCUT2D eigenvalue weighted by atomic mass is 9.85. The van der Waals surface area contributed by atoms with Gasteiger partial charge in [0.1, 0.15) is 0 Å². The van der Waals surface area contributed by atoms with Gasteiger partial charge in [0.05, 0.1) is 6.04 Å². The quantitative estimate of drug-likeness (QED) is 0.823. The summed E-state index contributed by atoms with van der Waals surface area (Å²) >= 11 is 0. The standard InChI is InChI=1S/C21H31N3O2/c1-3-24(4-2)21(26)16-11-9-15(10-12-16)14-22-20(25)19-13-17-7-5-6-8-18(17)23-19/h9-12,17-19,23H,3-8,13-14H2,1-2H3,(H,22,25). The molecule has 1 saturated carbocycles. The molecule has 0 aromatic heterocycles. The smallest absolute Gasteiger partial charge is 0.253 e. The third kappa shape index (κ3) is 4.26. The second-order valence-corrected chi connectivity index (χ2v) is 7.50. The van der Waals surface area contributed by atoms with Crippen LogP contribution < -0.4 is 10.6 Å². The highest BCUT2D eigenvalue weighted by molar-refractivity contribution is 5.94. The molecule has 3 rings (SSSR count). The molecule has 2 amide bonds. The Kier molecular flexibility index (Phi) is 6.30. The van der Waals surface area contributed by atoms with Crippen LogP contribution >= 0.6 is 0 Å². The number of amides is 2. The number of benzene rings is 1. The molecule has 0 bridgehead atoms. The van der Waals surface area contributed by atoms with Crippen LogP contribution in [0.4, 0.5) is 0 Å². The average molecular weight is 357 g/mol. The van der Waals surface area contributed by atoms with E-state index in [1.54, 1.807) is 0 Å². The molecule has 142 valence electrons. The second kappa shape index (κ2) is 8.67. The first-order valence-electron chi connectivity index (χ1n) is 10.0. The number of carbonyl (C=O) groups is 2. The molecule has 1 saturated heterocycles. The van der Waals surface area contributed by atoms with Gasteiger partial charge in [0.15, 0.2) is 0 Å². The summed E-state index contributed by atoms with van der Waals surface area (Å²) in [7, 11) is 0. The molecule has 2 N–H and O–H groups in total. The first-order chi connectivity index (χ1) is 12.6. The molecule has 2 fully saturated rings. The fourth-order valence-electron chi connectivity index (χ4n) is 4.29. The van der Waals surface area contributed by atoms with E-state index in [1.807, 2.05) is 43.0 Å². The second-order valence-electron chi connectivity index (χ2n) is 7.50. The van der Waals surface area contributed by atoms with Crippen LogP contribution in [0.25, 0.3) is 0 Å². The van der Waals surface area contributed by atoms with E-state index in [1.165, 1.54) is 25.7 Å². The van der Waals surface area contributed by atoms with E-state index < -0.39 is 0 Å². The number of fused-ring (bicyclic) bond motifs is 1. The third-order valence-corrected chi connectivity index (χ3v) is 5.90. The van der Waals surface area contributed by atoms with Gasteiger partial charge in [0.25, 0.3) is 5.91 Å². The zero-order valence-corrected chi connectivity index (χ0v) is 16.0. The maximum absolute atomic E-state index is 12.5.